The van der Waals surface area contributed by atoms with E-state index in [-0.39, 0.29) is 0 Å². The predicted octanol–water partition coefficient (Wildman–Crippen LogP) is 2.81. The average Bonchev–Trinajstić information content (AvgIpc) is 2.25. The third kappa shape index (κ3) is 6.07. The molecule has 0 aromatic carbocycles. The lowest BCUT2D eigenvalue weighted by Gasteiger charge is -2.19. The Morgan fingerprint density at radius 2 is 2.11 bits per heavy atom. The summed E-state index contributed by atoms with van der Waals surface area (Å²) in [6.45, 7) is 9.73. The fourth-order valence-electron chi connectivity index (χ4n) is 1.23. The molecule has 1 aromatic rings. The maximum absolute atomic E-state index is 11.7. The first kappa shape index (κ1) is 15.3. The van der Waals surface area contributed by atoms with E-state index < -0.39 is 20.5 Å². The van der Waals surface area contributed by atoms with Crippen LogP contribution in [0, 0.1) is 11.5 Å². The summed E-state index contributed by atoms with van der Waals surface area (Å²) < 4.78 is 5.20. The quantitative estimate of drug-likeness (QED) is 0.634. The van der Waals surface area contributed by atoms with E-state index in [1.165, 1.54) is 0 Å². The monoisotopic (exact) mass is 276 g/mol. The van der Waals surface area contributed by atoms with Gasteiger partial charge in [0.1, 0.15) is 20.1 Å². The second-order valence-electron chi connectivity index (χ2n) is 5.45. The van der Waals surface area contributed by atoms with Crippen LogP contribution < -0.4 is 5.32 Å². The molecule has 102 valence electrons. The van der Waals surface area contributed by atoms with Crippen LogP contribution in [-0.4, -0.2) is 25.5 Å². The van der Waals surface area contributed by atoms with Crippen molar-refractivity contribution in [3.05, 3.63) is 24.0 Å². The lowest BCUT2D eigenvalue weighted by molar-refractivity contribution is 0.0636. The number of amides is 1. The molecule has 1 rings (SSSR count). The Morgan fingerprint density at radius 1 is 1.42 bits per heavy atom. The molecule has 1 N–H and O–H groups in total. The van der Waals surface area contributed by atoms with Crippen molar-refractivity contribution in [1.82, 2.24) is 4.98 Å². The van der Waals surface area contributed by atoms with Crippen LogP contribution in [0.2, 0.25) is 13.1 Å². The van der Waals surface area contributed by atoms with E-state index in [2.05, 4.69) is 34.9 Å². The number of hydrogen-bond acceptors (Lipinski definition) is 3. The van der Waals surface area contributed by atoms with Gasteiger partial charge in [0, 0.05) is 6.20 Å². The summed E-state index contributed by atoms with van der Waals surface area (Å²) in [6, 6.07) is 3.52. The second-order valence-corrected chi connectivity index (χ2v) is 8.05. The van der Waals surface area contributed by atoms with E-state index in [1.807, 2.05) is 20.8 Å². The topological polar surface area (TPSA) is 51.2 Å². The van der Waals surface area contributed by atoms with Crippen molar-refractivity contribution in [2.75, 3.05) is 5.32 Å². The van der Waals surface area contributed by atoms with Crippen LogP contribution in [-0.2, 0) is 4.74 Å². The number of hydrogen-bond donors (Lipinski definition) is 1. The lowest BCUT2D eigenvalue weighted by Crippen LogP contribution is -2.27. The van der Waals surface area contributed by atoms with Crippen molar-refractivity contribution in [3.63, 3.8) is 0 Å². The zero-order valence-electron chi connectivity index (χ0n) is 12.1. The highest BCUT2D eigenvalue weighted by Gasteiger charge is 2.17. The third-order valence-corrected chi connectivity index (χ3v) is 2.64. The molecule has 1 heterocycles. The smallest absolute Gasteiger partial charge is 0.412 e. The first-order valence-corrected chi connectivity index (χ1v) is 9.13. The van der Waals surface area contributed by atoms with Gasteiger partial charge in [-0.1, -0.05) is 19.0 Å². The molecule has 1 amide bonds. The highest BCUT2D eigenvalue weighted by Crippen LogP contribution is 2.14. The number of rotatable bonds is 1. The van der Waals surface area contributed by atoms with E-state index >= 15 is 0 Å². The summed E-state index contributed by atoms with van der Waals surface area (Å²) in [6.07, 6.45) is 1.16. The van der Waals surface area contributed by atoms with Crippen LogP contribution in [0.1, 0.15) is 26.5 Å². The number of aromatic nitrogens is 1. The molecular formula is C14H20N2O2Si. The van der Waals surface area contributed by atoms with Gasteiger partial charge in [-0.2, -0.15) is 0 Å². The summed E-state index contributed by atoms with van der Waals surface area (Å²) in [5.74, 6) is 3.01. The molecule has 0 aliphatic rings. The van der Waals surface area contributed by atoms with Gasteiger partial charge >= 0.3 is 6.09 Å². The van der Waals surface area contributed by atoms with Gasteiger partial charge in [0.2, 0.25) is 0 Å². The Balaban J connectivity index is 2.85. The van der Waals surface area contributed by atoms with E-state index in [4.69, 9.17) is 4.74 Å². The molecule has 0 spiro atoms. The Bertz CT molecular complexity index is 510. The minimum atomic E-state index is -0.976. The van der Waals surface area contributed by atoms with Gasteiger partial charge in [0.15, 0.2) is 0 Å². The van der Waals surface area contributed by atoms with E-state index in [0.29, 0.717) is 11.4 Å². The Hall–Kier alpha value is -1.80. The van der Waals surface area contributed by atoms with E-state index in [0.717, 1.165) is 0 Å². The van der Waals surface area contributed by atoms with Crippen molar-refractivity contribution in [2.45, 2.75) is 39.5 Å². The molecule has 1 aromatic heterocycles. The Kier molecular flexibility index (Phi) is 5.13. The zero-order chi connectivity index (χ0) is 14.5. The SMILES string of the molecule is C[SiH](C)C#Cc1ncccc1NC(=O)OC(C)(C)C. The van der Waals surface area contributed by atoms with Crippen molar-refractivity contribution in [2.24, 2.45) is 0 Å². The molecule has 19 heavy (non-hydrogen) atoms. The number of anilines is 1. The number of carbonyl (C=O) groups excluding carboxylic acids is 1. The van der Waals surface area contributed by atoms with Crippen molar-refractivity contribution in [1.29, 1.82) is 0 Å². The van der Waals surface area contributed by atoms with Crippen LogP contribution in [0.25, 0.3) is 0 Å². The first-order valence-electron chi connectivity index (χ1n) is 6.24. The summed E-state index contributed by atoms with van der Waals surface area (Å²) >= 11 is 0. The molecule has 0 atom stereocenters. The van der Waals surface area contributed by atoms with Gasteiger partial charge in [-0.05, 0) is 32.9 Å². The van der Waals surface area contributed by atoms with Gasteiger partial charge in [-0.25, -0.2) is 9.78 Å². The first-order chi connectivity index (χ1) is 8.78. The molecule has 0 unspecified atom stereocenters. The summed E-state index contributed by atoms with van der Waals surface area (Å²) in [7, 11) is -0.976. The van der Waals surface area contributed by atoms with E-state index in [9.17, 15) is 4.79 Å². The lowest BCUT2D eigenvalue weighted by atomic mass is 10.2. The predicted molar refractivity (Wildman–Crippen MR) is 79.8 cm³/mol. The fourth-order valence-corrected chi connectivity index (χ4v) is 1.66. The number of carbonyl (C=O) groups is 1. The summed E-state index contributed by atoms with van der Waals surface area (Å²) in [5.41, 5.74) is 3.79. The third-order valence-electron chi connectivity index (χ3n) is 1.92. The van der Waals surface area contributed by atoms with Gasteiger partial charge in [0.05, 0.1) is 5.69 Å². The number of nitrogens with zero attached hydrogens (tertiary/aromatic N) is 1. The average molecular weight is 276 g/mol. The molecule has 0 saturated carbocycles. The van der Waals surface area contributed by atoms with Crippen LogP contribution >= 0.6 is 0 Å². The summed E-state index contributed by atoms with van der Waals surface area (Å²) in [5, 5.41) is 2.68. The molecular weight excluding hydrogens is 256 g/mol. The minimum absolute atomic E-state index is 0.495. The molecule has 0 aliphatic carbocycles. The molecule has 0 saturated heterocycles. The van der Waals surface area contributed by atoms with Crippen LogP contribution in [0.5, 0.6) is 0 Å². The van der Waals surface area contributed by atoms with Gasteiger partial charge in [-0.15, -0.1) is 5.54 Å². The number of nitrogens with one attached hydrogen (secondary N) is 1. The van der Waals surface area contributed by atoms with Gasteiger partial charge < -0.3 is 4.74 Å². The molecule has 4 nitrogen and oxygen atoms in total. The maximum Gasteiger partial charge on any atom is 0.412 e. The molecule has 0 radical (unpaired) electrons. The molecule has 0 bridgehead atoms. The molecule has 0 fully saturated rings. The highest BCUT2D eigenvalue weighted by molar-refractivity contribution is 6.64. The van der Waals surface area contributed by atoms with Crippen molar-refractivity contribution < 1.29 is 9.53 Å². The fraction of sp³-hybridized carbons (Fsp3) is 0.429. The van der Waals surface area contributed by atoms with Crippen molar-refractivity contribution >= 4 is 20.6 Å². The van der Waals surface area contributed by atoms with Crippen LogP contribution in [0.15, 0.2) is 18.3 Å². The normalized spacial score (nSPS) is 10.6. The summed E-state index contributed by atoms with van der Waals surface area (Å²) in [4.78, 5) is 15.9. The minimum Gasteiger partial charge on any atom is -0.444 e. The van der Waals surface area contributed by atoms with Gasteiger partial charge in [0.25, 0.3) is 0 Å². The largest absolute Gasteiger partial charge is 0.444 e. The van der Waals surface area contributed by atoms with Crippen molar-refractivity contribution in [3.8, 4) is 11.5 Å². The Morgan fingerprint density at radius 3 is 2.68 bits per heavy atom. The second kappa shape index (κ2) is 6.39. The van der Waals surface area contributed by atoms with Crippen LogP contribution in [0.3, 0.4) is 0 Å². The molecule has 0 aliphatic heterocycles. The van der Waals surface area contributed by atoms with Crippen LogP contribution in [0.4, 0.5) is 10.5 Å². The number of pyridine rings is 1. The standard InChI is InChI=1S/C14H20N2O2Si/c1-14(2,3)18-13(17)16-12-7-6-9-15-11(12)8-10-19(4)5/h6-7,9,19H,1-5H3,(H,16,17). The zero-order valence-corrected chi connectivity index (χ0v) is 13.2. The number of ether oxygens (including phenoxy) is 1. The Labute approximate surface area is 116 Å². The van der Waals surface area contributed by atoms with Gasteiger partial charge in [-0.3, -0.25) is 5.32 Å². The molecule has 5 heteroatoms. The van der Waals surface area contributed by atoms with E-state index in [1.54, 1.807) is 18.3 Å². The maximum atomic E-state index is 11.7. The highest BCUT2D eigenvalue weighted by atomic mass is 28.3.